The number of alkyl halides is 6. The summed E-state index contributed by atoms with van der Waals surface area (Å²) in [7, 11) is 0. The smallest absolute Gasteiger partial charge is 0.420 e. The van der Waals surface area contributed by atoms with Gasteiger partial charge in [0.1, 0.15) is 17.0 Å². The predicted octanol–water partition coefficient (Wildman–Crippen LogP) is 5.10. The van der Waals surface area contributed by atoms with E-state index in [9.17, 15) is 35.9 Å². The number of Topliss-reactive ketones (excluding diaryl/α,β-unsaturated/α-hetero) is 1. The maximum atomic E-state index is 13.2. The number of rotatable bonds is 5. The Morgan fingerprint density at radius 1 is 0.974 bits per heavy atom. The largest absolute Gasteiger partial charge is 0.439 e. The van der Waals surface area contributed by atoms with Crippen LogP contribution in [-0.4, -0.2) is 62.6 Å². The van der Waals surface area contributed by atoms with Crippen LogP contribution in [0.4, 0.5) is 31.1 Å². The fourth-order valence-electron chi connectivity index (χ4n) is 3.91. The monoisotopic (exact) mass is 541 g/mol. The highest BCUT2D eigenvalue weighted by Gasteiger charge is 2.38. The van der Waals surface area contributed by atoms with Gasteiger partial charge in [-0.3, -0.25) is 9.69 Å². The van der Waals surface area contributed by atoms with Gasteiger partial charge in [-0.2, -0.15) is 36.1 Å². The minimum Gasteiger partial charge on any atom is -0.439 e. The molecule has 202 valence electrons. The standard InChI is InChI=1S/C24H21F6N5O3/c1-15(36)21-19(24(28,29)30)14-35(32-21)22(37)34-9-7-33(8-10-34)13-16-3-2-4-18(11-16)38-20-12-17(5-6-31-20)23(25,26)27/h2-6,11-12,14H,7-10,13H2,1H3. The molecule has 0 saturated carbocycles. The highest BCUT2D eigenvalue weighted by atomic mass is 19.4. The minimum atomic E-state index is -4.83. The van der Waals surface area contributed by atoms with Crippen molar-refractivity contribution >= 4 is 11.8 Å². The first kappa shape index (κ1) is 27.1. The van der Waals surface area contributed by atoms with Crippen molar-refractivity contribution in [2.75, 3.05) is 26.2 Å². The molecule has 14 heteroatoms. The quantitative estimate of drug-likeness (QED) is 0.331. The number of piperazine rings is 1. The number of carbonyl (C=O) groups excluding carboxylic acids is 2. The van der Waals surface area contributed by atoms with Gasteiger partial charge in [0.05, 0.1) is 5.56 Å². The Labute approximate surface area is 212 Å². The summed E-state index contributed by atoms with van der Waals surface area (Å²) in [5.41, 5.74) is -2.16. The van der Waals surface area contributed by atoms with E-state index in [1.54, 1.807) is 24.3 Å². The van der Waals surface area contributed by atoms with E-state index < -0.39 is 41.0 Å². The van der Waals surface area contributed by atoms with E-state index in [1.165, 1.54) is 4.90 Å². The van der Waals surface area contributed by atoms with Crippen LogP contribution >= 0.6 is 0 Å². The molecule has 1 fully saturated rings. The summed E-state index contributed by atoms with van der Waals surface area (Å²) in [6.45, 7) is 2.60. The van der Waals surface area contributed by atoms with E-state index >= 15 is 0 Å². The predicted molar refractivity (Wildman–Crippen MR) is 121 cm³/mol. The van der Waals surface area contributed by atoms with Crippen molar-refractivity contribution in [1.29, 1.82) is 0 Å². The summed E-state index contributed by atoms with van der Waals surface area (Å²) in [6.07, 6.45) is -7.82. The molecule has 1 aliphatic heterocycles. The Kier molecular flexibility index (Phi) is 7.44. The Balaban J connectivity index is 1.37. The summed E-state index contributed by atoms with van der Waals surface area (Å²) in [6, 6.07) is 7.60. The first-order valence-corrected chi connectivity index (χ1v) is 11.3. The molecular weight excluding hydrogens is 520 g/mol. The molecule has 1 saturated heterocycles. The van der Waals surface area contributed by atoms with Crippen molar-refractivity contribution in [2.24, 2.45) is 0 Å². The SMILES string of the molecule is CC(=O)c1nn(C(=O)N2CCN(Cc3cccc(Oc4cc(C(F)(F)F)ccn4)c3)CC2)cc1C(F)(F)F. The lowest BCUT2D eigenvalue weighted by molar-refractivity contribution is -0.138. The molecule has 1 aromatic carbocycles. The average molecular weight is 541 g/mol. The van der Waals surface area contributed by atoms with Gasteiger partial charge in [0, 0.05) is 58.1 Å². The van der Waals surface area contributed by atoms with Crippen LogP contribution in [0.1, 0.15) is 34.1 Å². The van der Waals surface area contributed by atoms with Crippen LogP contribution in [0.3, 0.4) is 0 Å². The van der Waals surface area contributed by atoms with E-state index in [2.05, 4.69) is 10.1 Å². The number of carbonyl (C=O) groups is 2. The molecule has 3 heterocycles. The number of halogens is 6. The lowest BCUT2D eigenvalue weighted by Crippen LogP contribution is -2.49. The maximum Gasteiger partial charge on any atom is 0.420 e. The van der Waals surface area contributed by atoms with Crippen molar-refractivity contribution in [3.63, 3.8) is 0 Å². The molecule has 1 amide bonds. The summed E-state index contributed by atoms with van der Waals surface area (Å²) in [5.74, 6) is -0.809. The van der Waals surface area contributed by atoms with E-state index in [0.29, 0.717) is 36.3 Å². The molecule has 1 aliphatic rings. The average Bonchev–Trinajstić information content (AvgIpc) is 3.31. The van der Waals surface area contributed by atoms with E-state index in [1.807, 2.05) is 4.90 Å². The first-order chi connectivity index (χ1) is 17.8. The molecular formula is C24H21F6N5O3. The molecule has 4 rings (SSSR count). The van der Waals surface area contributed by atoms with Gasteiger partial charge >= 0.3 is 18.4 Å². The number of pyridine rings is 1. The second-order valence-electron chi connectivity index (χ2n) is 8.57. The number of nitrogens with zero attached hydrogens (tertiary/aromatic N) is 5. The van der Waals surface area contributed by atoms with Crippen molar-refractivity contribution < 1.29 is 40.7 Å². The number of aromatic nitrogens is 3. The second-order valence-corrected chi connectivity index (χ2v) is 8.57. The molecule has 2 aromatic heterocycles. The lowest BCUT2D eigenvalue weighted by atomic mass is 10.2. The zero-order valence-electron chi connectivity index (χ0n) is 19.9. The summed E-state index contributed by atoms with van der Waals surface area (Å²) in [4.78, 5) is 31.4. The summed E-state index contributed by atoms with van der Waals surface area (Å²) < 4.78 is 84.4. The topological polar surface area (TPSA) is 80.6 Å². The number of hydrogen-bond donors (Lipinski definition) is 0. The number of ether oxygens (including phenoxy) is 1. The molecule has 0 radical (unpaired) electrons. The van der Waals surface area contributed by atoms with Gasteiger partial charge in [0.2, 0.25) is 5.88 Å². The van der Waals surface area contributed by atoms with E-state index in [4.69, 9.17) is 4.74 Å². The molecule has 38 heavy (non-hydrogen) atoms. The van der Waals surface area contributed by atoms with Crippen LogP contribution < -0.4 is 4.74 Å². The third-order valence-electron chi connectivity index (χ3n) is 5.78. The lowest BCUT2D eigenvalue weighted by Gasteiger charge is -2.34. The summed E-state index contributed by atoms with van der Waals surface area (Å²) in [5, 5.41) is 3.56. The van der Waals surface area contributed by atoms with Gasteiger partial charge in [0.25, 0.3) is 0 Å². The van der Waals surface area contributed by atoms with Crippen LogP contribution in [0.5, 0.6) is 11.6 Å². The van der Waals surface area contributed by atoms with Crippen LogP contribution in [0, 0.1) is 0 Å². The van der Waals surface area contributed by atoms with Crippen LogP contribution in [0.25, 0.3) is 0 Å². The van der Waals surface area contributed by atoms with Gasteiger partial charge in [-0.15, -0.1) is 0 Å². The van der Waals surface area contributed by atoms with Crippen molar-refractivity contribution in [3.05, 3.63) is 71.2 Å². The number of benzene rings is 1. The minimum absolute atomic E-state index is 0.204. The molecule has 0 spiro atoms. The van der Waals surface area contributed by atoms with Gasteiger partial charge < -0.3 is 9.64 Å². The fraction of sp³-hybridized carbons (Fsp3) is 0.333. The van der Waals surface area contributed by atoms with Crippen LogP contribution in [0.15, 0.2) is 48.8 Å². The molecule has 0 N–H and O–H groups in total. The van der Waals surface area contributed by atoms with Crippen molar-refractivity contribution in [1.82, 2.24) is 24.6 Å². The van der Waals surface area contributed by atoms with Gasteiger partial charge in [-0.05, 0) is 23.8 Å². The van der Waals surface area contributed by atoms with Crippen LogP contribution in [0.2, 0.25) is 0 Å². The molecule has 0 bridgehead atoms. The molecule has 0 aliphatic carbocycles. The first-order valence-electron chi connectivity index (χ1n) is 11.3. The Morgan fingerprint density at radius 2 is 1.68 bits per heavy atom. The van der Waals surface area contributed by atoms with Crippen LogP contribution in [-0.2, 0) is 18.9 Å². The van der Waals surface area contributed by atoms with Gasteiger partial charge in [0.15, 0.2) is 5.78 Å². The Bertz CT molecular complexity index is 1330. The molecule has 8 nitrogen and oxygen atoms in total. The summed E-state index contributed by atoms with van der Waals surface area (Å²) >= 11 is 0. The number of ketones is 1. The van der Waals surface area contributed by atoms with Crippen molar-refractivity contribution in [2.45, 2.75) is 25.8 Å². The zero-order valence-corrected chi connectivity index (χ0v) is 19.9. The molecule has 3 aromatic rings. The Hall–Kier alpha value is -3.94. The third-order valence-corrected chi connectivity index (χ3v) is 5.78. The molecule has 0 unspecified atom stereocenters. The Morgan fingerprint density at radius 3 is 2.29 bits per heavy atom. The second kappa shape index (κ2) is 10.4. The van der Waals surface area contributed by atoms with E-state index in [-0.39, 0.29) is 19.0 Å². The van der Waals surface area contributed by atoms with Gasteiger partial charge in [-0.1, -0.05) is 12.1 Å². The highest BCUT2D eigenvalue weighted by Crippen LogP contribution is 2.33. The van der Waals surface area contributed by atoms with Gasteiger partial charge in [-0.25, -0.2) is 9.78 Å². The maximum absolute atomic E-state index is 13.2. The normalized spacial score (nSPS) is 15.0. The van der Waals surface area contributed by atoms with E-state index in [0.717, 1.165) is 30.8 Å². The van der Waals surface area contributed by atoms with Crippen molar-refractivity contribution in [3.8, 4) is 11.6 Å². The molecule has 0 atom stereocenters. The highest BCUT2D eigenvalue weighted by molar-refractivity contribution is 5.94. The third kappa shape index (κ3) is 6.30. The fourth-order valence-corrected chi connectivity index (χ4v) is 3.91. The number of hydrogen-bond acceptors (Lipinski definition) is 6. The zero-order chi connectivity index (χ0) is 27.7. The number of amides is 1.